The Balaban J connectivity index is 1.71. The van der Waals surface area contributed by atoms with Crippen molar-refractivity contribution in [3.63, 3.8) is 0 Å². The minimum Gasteiger partial charge on any atom is -0.449 e. The van der Waals surface area contributed by atoms with E-state index in [1.54, 1.807) is 25.2 Å². The van der Waals surface area contributed by atoms with Gasteiger partial charge in [0.1, 0.15) is 5.58 Å². The summed E-state index contributed by atoms with van der Waals surface area (Å²) in [6.07, 6.45) is -1.01. The Morgan fingerprint density at radius 3 is 2.54 bits per heavy atom. The first kappa shape index (κ1) is 19.4. The molecule has 0 aliphatic carbocycles. The third kappa shape index (κ3) is 4.28. The summed E-state index contributed by atoms with van der Waals surface area (Å²) in [4.78, 5) is 38.6. The summed E-state index contributed by atoms with van der Waals surface area (Å²) >= 11 is 0. The van der Waals surface area contributed by atoms with Gasteiger partial charge in [-0.2, -0.15) is 0 Å². The van der Waals surface area contributed by atoms with Crippen LogP contribution in [0.25, 0.3) is 11.0 Å². The average Bonchev–Trinajstić information content (AvgIpc) is 2.68. The first-order valence-corrected chi connectivity index (χ1v) is 8.89. The minimum atomic E-state index is -1.01. The number of hydrogen-bond acceptors (Lipinski definition) is 5. The molecule has 3 aromatic rings. The maximum Gasteiger partial charge on any atom is 0.375 e. The number of fused-ring (bicyclic) bond motifs is 1. The number of esters is 1. The third-order valence-electron chi connectivity index (χ3n) is 4.35. The van der Waals surface area contributed by atoms with Crippen LogP contribution >= 0.6 is 0 Å². The molecule has 0 saturated carbocycles. The lowest BCUT2D eigenvalue weighted by atomic mass is 10.1. The molecule has 0 saturated heterocycles. The van der Waals surface area contributed by atoms with Gasteiger partial charge in [-0.05, 0) is 31.5 Å². The van der Waals surface area contributed by atoms with E-state index in [9.17, 15) is 14.4 Å². The van der Waals surface area contributed by atoms with Crippen LogP contribution in [0.1, 0.15) is 28.6 Å². The summed E-state index contributed by atoms with van der Waals surface area (Å²) in [6.45, 7) is 3.75. The molecule has 2 aromatic carbocycles. The van der Waals surface area contributed by atoms with Crippen LogP contribution in [0.4, 0.5) is 0 Å². The largest absolute Gasteiger partial charge is 0.449 e. The first-order valence-electron chi connectivity index (χ1n) is 8.89. The molecule has 6 heteroatoms. The van der Waals surface area contributed by atoms with Gasteiger partial charge in [0, 0.05) is 19.7 Å². The maximum atomic E-state index is 12.5. The number of likely N-dealkylation sites (N-methyl/N-ethyl adjacent to an activating group) is 1. The zero-order valence-corrected chi connectivity index (χ0v) is 16.0. The van der Waals surface area contributed by atoms with E-state index >= 15 is 0 Å². The molecule has 1 amide bonds. The Kier molecular flexibility index (Phi) is 5.59. The number of carbonyl (C=O) groups excluding carboxylic acids is 2. The topological polar surface area (TPSA) is 76.8 Å². The molecular weight excluding hydrogens is 358 g/mol. The van der Waals surface area contributed by atoms with Crippen LogP contribution in [0.15, 0.2) is 63.8 Å². The van der Waals surface area contributed by atoms with Crippen molar-refractivity contribution in [2.75, 3.05) is 7.05 Å². The van der Waals surface area contributed by atoms with Gasteiger partial charge < -0.3 is 14.1 Å². The van der Waals surface area contributed by atoms with Gasteiger partial charge in [-0.1, -0.05) is 42.0 Å². The van der Waals surface area contributed by atoms with E-state index in [4.69, 9.17) is 9.15 Å². The van der Waals surface area contributed by atoms with Gasteiger partial charge in [0.05, 0.1) is 5.39 Å². The van der Waals surface area contributed by atoms with Crippen LogP contribution < -0.4 is 5.43 Å². The summed E-state index contributed by atoms with van der Waals surface area (Å²) in [5, 5.41) is 0.392. The molecule has 144 valence electrons. The van der Waals surface area contributed by atoms with E-state index in [1.165, 1.54) is 11.8 Å². The summed E-state index contributed by atoms with van der Waals surface area (Å²) < 4.78 is 10.7. The van der Waals surface area contributed by atoms with Crippen LogP contribution in [0, 0.1) is 6.92 Å². The number of nitrogens with zero attached hydrogens (tertiary/aromatic N) is 1. The highest BCUT2D eigenvalue weighted by atomic mass is 16.6. The molecule has 0 N–H and O–H groups in total. The number of rotatable bonds is 5. The predicted molar refractivity (Wildman–Crippen MR) is 105 cm³/mol. The van der Waals surface area contributed by atoms with Gasteiger partial charge >= 0.3 is 5.97 Å². The molecule has 1 aromatic heterocycles. The SMILES string of the molecule is Cc1ccc2oc(C(=O)O[C@@H](C)C(=O)N(C)Cc3ccccc3)cc(=O)c2c1. The minimum absolute atomic E-state index is 0.230. The number of benzene rings is 2. The Morgan fingerprint density at radius 1 is 1.11 bits per heavy atom. The standard InChI is InChI=1S/C22H21NO5/c1-14-9-10-19-17(11-14)18(24)12-20(28-19)22(26)27-15(2)21(25)23(3)13-16-7-5-4-6-8-16/h4-12,15H,13H2,1-3H3/t15-/m0/s1. The van der Waals surface area contributed by atoms with Crippen molar-refractivity contribution in [2.45, 2.75) is 26.5 Å². The van der Waals surface area contributed by atoms with E-state index in [1.807, 2.05) is 37.3 Å². The second kappa shape index (κ2) is 8.08. The van der Waals surface area contributed by atoms with Crippen LogP contribution in [-0.4, -0.2) is 29.9 Å². The fourth-order valence-electron chi connectivity index (χ4n) is 2.89. The quantitative estimate of drug-likeness (QED) is 0.636. The van der Waals surface area contributed by atoms with E-state index in [0.29, 0.717) is 17.5 Å². The summed E-state index contributed by atoms with van der Waals surface area (Å²) in [5.74, 6) is -1.43. The highest BCUT2D eigenvalue weighted by Gasteiger charge is 2.24. The third-order valence-corrected chi connectivity index (χ3v) is 4.35. The van der Waals surface area contributed by atoms with Crippen LogP contribution in [0.2, 0.25) is 0 Å². The monoisotopic (exact) mass is 379 g/mol. The number of amides is 1. The normalized spacial score (nSPS) is 11.8. The Labute approximate surface area is 162 Å². The van der Waals surface area contributed by atoms with E-state index in [0.717, 1.165) is 17.2 Å². The van der Waals surface area contributed by atoms with Gasteiger partial charge in [0.25, 0.3) is 5.91 Å². The van der Waals surface area contributed by atoms with Gasteiger partial charge in [0.2, 0.25) is 5.76 Å². The first-order chi connectivity index (χ1) is 13.3. The van der Waals surface area contributed by atoms with Gasteiger partial charge in [0.15, 0.2) is 11.5 Å². The van der Waals surface area contributed by atoms with Crippen molar-refractivity contribution >= 4 is 22.8 Å². The molecule has 0 fully saturated rings. The molecule has 28 heavy (non-hydrogen) atoms. The van der Waals surface area contributed by atoms with Crippen LogP contribution in [-0.2, 0) is 16.1 Å². The lowest BCUT2D eigenvalue weighted by molar-refractivity contribution is -0.139. The molecule has 6 nitrogen and oxygen atoms in total. The predicted octanol–water partition coefficient (Wildman–Crippen LogP) is 3.31. The molecule has 1 heterocycles. The van der Waals surface area contributed by atoms with Gasteiger partial charge in [-0.3, -0.25) is 9.59 Å². The van der Waals surface area contributed by atoms with Crippen molar-refractivity contribution in [1.82, 2.24) is 4.90 Å². The summed E-state index contributed by atoms with van der Waals surface area (Å²) in [5.41, 5.74) is 1.84. The smallest absolute Gasteiger partial charge is 0.375 e. The van der Waals surface area contributed by atoms with Crippen molar-refractivity contribution in [3.8, 4) is 0 Å². The molecule has 0 unspecified atom stereocenters. The molecule has 0 radical (unpaired) electrons. The second-order valence-corrected chi connectivity index (χ2v) is 6.70. The van der Waals surface area contributed by atoms with Gasteiger partial charge in [-0.15, -0.1) is 0 Å². The highest BCUT2D eigenvalue weighted by Crippen LogP contribution is 2.15. The zero-order valence-electron chi connectivity index (χ0n) is 16.0. The maximum absolute atomic E-state index is 12.5. The lowest BCUT2D eigenvalue weighted by Gasteiger charge is -2.21. The molecule has 3 rings (SSSR count). The zero-order chi connectivity index (χ0) is 20.3. The fourth-order valence-corrected chi connectivity index (χ4v) is 2.89. The van der Waals surface area contributed by atoms with E-state index < -0.39 is 12.1 Å². The van der Waals surface area contributed by atoms with Crippen molar-refractivity contribution in [2.24, 2.45) is 0 Å². The number of carbonyl (C=O) groups is 2. The van der Waals surface area contributed by atoms with E-state index in [-0.39, 0.29) is 17.1 Å². The molecule has 0 aliphatic heterocycles. The molecular formula is C22H21NO5. The second-order valence-electron chi connectivity index (χ2n) is 6.70. The van der Waals surface area contributed by atoms with Crippen LogP contribution in [0.5, 0.6) is 0 Å². The lowest BCUT2D eigenvalue weighted by Crippen LogP contribution is -2.37. The molecule has 0 aliphatic rings. The van der Waals surface area contributed by atoms with Crippen molar-refractivity contribution in [3.05, 3.63) is 81.7 Å². The highest BCUT2D eigenvalue weighted by molar-refractivity contribution is 5.91. The Morgan fingerprint density at radius 2 is 1.82 bits per heavy atom. The van der Waals surface area contributed by atoms with E-state index in [2.05, 4.69) is 0 Å². The summed E-state index contributed by atoms with van der Waals surface area (Å²) in [6, 6.07) is 15.7. The van der Waals surface area contributed by atoms with Crippen molar-refractivity contribution < 1.29 is 18.7 Å². The van der Waals surface area contributed by atoms with Gasteiger partial charge in [-0.25, -0.2) is 4.79 Å². The van der Waals surface area contributed by atoms with Crippen LogP contribution in [0.3, 0.4) is 0 Å². The Bertz CT molecular complexity index is 1070. The molecule has 0 spiro atoms. The number of aryl methyl sites for hydroxylation is 1. The fraction of sp³-hybridized carbons (Fsp3) is 0.227. The van der Waals surface area contributed by atoms with Crippen molar-refractivity contribution in [1.29, 1.82) is 0 Å². The average molecular weight is 379 g/mol. The molecule has 1 atom stereocenters. The molecule has 0 bridgehead atoms. The Hall–Kier alpha value is -3.41. The number of hydrogen-bond donors (Lipinski definition) is 0. The summed E-state index contributed by atoms with van der Waals surface area (Å²) in [7, 11) is 1.64. The number of ether oxygens (including phenoxy) is 1.